The molecule has 1 nitrogen and oxygen atoms in total. The van der Waals surface area contributed by atoms with E-state index in [1.807, 2.05) is 0 Å². The summed E-state index contributed by atoms with van der Waals surface area (Å²) in [5.74, 6) is 0.542. The molecule has 0 aliphatic heterocycles. The SMILES string of the molecule is Cc1cc2c(cc1C(C)(C)C)C(=O)C(CC(C)(C)C)C2. The Morgan fingerprint density at radius 2 is 1.70 bits per heavy atom. The minimum absolute atomic E-state index is 0.0987. The van der Waals surface area contributed by atoms with Crippen LogP contribution >= 0.6 is 0 Å². The number of hydrogen-bond donors (Lipinski definition) is 0. The van der Waals surface area contributed by atoms with Crippen molar-refractivity contribution in [1.82, 2.24) is 0 Å². The third kappa shape index (κ3) is 2.97. The molecule has 0 bridgehead atoms. The molecule has 1 unspecified atom stereocenters. The largest absolute Gasteiger partial charge is 0.294 e. The summed E-state index contributed by atoms with van der Waals surface area (Å²) in [5, 5.41) is 0. The van der Waals surface area contributed by atoms with Crippen LogP contribution in [0.5, 0.6) is 0 Å². The molecule has 1 heteroatoms. The van der Waals surface area contributed by atoms with E-state index in [1.165, 1.54) is 16.7 Å². The van der Waals surface area contributed by atoms with E-state index < -0.39 is 0 Å². The molecule has 0 aromatic heterocycles. The van der Waals surface area contributed by atoms with Crippen LogP contribution in [0.25, 0.3) is 0 Å². The second kappa shape index (κ2) is 4.72. The van der Waals surface area contributed by atoms with E-state index in [1.54, 1.807) is 0 Å². The molecule has 0 radical (unpaired) electrons. The van der Waals surface area contributed by atoms with Crippen molar-refractivity contribution in [2.45, 2.75) is 66.7 Å². The van der Waals surface area contributed by atoms with Gasteiger partial charge in [0, 0.05) is 11.5 Å². The molecular formula is C19H28O. The monoisotopic (exact) mass is 272 g/mol. The number of ketones is 1. The fourth-order valence-electron chi connectivity index (χ4n) is 3.46. The van der Waals surface area contributed by atoms with E-state index in [9.17, 15) is 4.79 Å². The highest BCUT2D eigenvalue weighted by Gasteiger charge is 2.34. The van der Waals surface area contributed by atoms with Crippen LogP contribution in [-0.4, -0.2) is 5.78 Å². The Labute approximate surface area is 123 Å². The van der Waals surface area contributed by atoms with Crippen molar-refractivity contribution in [3.8, 4) is 0 Å². The van der Waals surface area contributed by atoms with Gasteiger partial charge in [-0.1, -0.05) is 47.6 Å². The second-order valence-corrected chi connectivity index (χ2v) is 8.60. The minimum atomic E-state index is 0.0987. The molecule has 2 rings (SSSR count). The highest BCUT2D eigenvalue weighted by molar-refractivity contribution is 6.02. The van der Waals surface area contributed by atoms with Gasteiger partial charge in [-0.3, -0.25) is 4.79 Å². The maximum absolute atomic E-state index is 12.7. The zero-order chi connectivity index (χ0) is 15.3. The molecule has 0 N–H and O–H groups in total. The zero-order valence-corrected chi connectivity index (χ0v) is 14.1. The Morgan fingerprint density at radius 3 is 2.20 bits per heavy atom. The van der Waals surface area contributed by atoms with Crippen molar-refractivity contribution in [2.24, 2.45) is 11.3 Å². The van der Waals surface area contributed by atoms with Crippen LogP contribution < -0.4 is 0 Å². The van der Waals surface area contributed by atoms with E-state index in [4.69, 9.17) is 0 Å². The Morgan fingerprint density at radius 1 is 1.10 bits per heavy atom. The fourth-order valence-corrected chi connectivity index (χ4v) is 3.46. The Kier molecular flexibility index (Phi) is 3.60. The molecule has 1 aromatic carbocycles. The summed E-state index contributed by atoms with van der Waals surface area (Å²) in [6, 6.07) is 4.41. The van der Waals surface area contributed by atoms with Crippen LogP contribution in [0.4, 0.5) is 0 Å². The van der Waals surface area contributed by atoms with Crippen LogP contribution in [0, 0.1) is 18.3 Å². The number of carbonyl (C=O) groups is 1. The van der Waals surface area contributed by atoms with E-state index in [0.29, 0.717) is 5.78 Å². The average molecular weight is 272 g/mol. The van der Waals surface area contributed by atoms with Crippen molar-refractivity contribution in [1.29, 1.82) is 0 Å². The Balaban J connectivity index is 2.38. The standard InChI is InChI=1S/C19H28O/c1-12-8-13-9-14(11-18(2,3)4)17(20)15(13)10-16(12)19(5,6)7/h8,10,14H,9,11H2,1-7H3. The lowest BCUT2D eigenvalue weighted by molar-refractivity contribution is 0.0903. The van der Waals surface area contributed by atoms with Gasteiger partial charge in [-0.25, -0.2) is 0 Å². The lowest BCUT2D eigenvalue weighted by Crippen LogP contribution is -2.18. The number of Topliss-reactive ketones (excluding diaryl/α,β-unsaturated/α-hetero) is 1. The molecular weight excluding hydrogens is 244 g/mol. The van der Waals surface area contributed by atoms with Gasteiger partial charge in [-0.15, -0.1) is 0 Å². The summed E-state index contributed by atoms with van der Waals surface area (Å²) >= 11 is 0. The predicted molar refractivity (Wildman–Crippen MR) is 85.5 cm³/mol. The quantitative estimate of drug-likeness (QED) is 0.696. The second-order valence-electron chi connectivity index (χ2n) is 8.60. The van der Waals surface area contributed by atoms with E-state index in [2.05, 4.69) is 60.6 Å². The number of carbonyl (C=O) groups excluding carboxylic acids is 1. The molecule has 0 amide bonds. The van der Waals surface area contributed by atoms with Crippen molar-refractivity contribution < 1.29 is 4.79 Å². The summed E-state index contributed by atoms with van der Waals surface area (Å²) in [7, 11) is 0. The van der Waals surface area contributed by atoms with Gasteiger partial charge in [-0.05, 0) is 53.4 Å². The third-order valence-corrected chi connectivity index (χ3v) is 4.22. The normalized spacial score (nSPS) is 19.4. The van der Waals surface area contributed by atoms with Gasteiger partial charge in [0.2, 0.25) is 0 Å². The summed E-state index contributed by atoms with van der Waals surface area (Å²) in [6.45, 7) is 15.5. The summed E-state index contributed by atoms with van der Waals surface area (Å²) in [6.07, 6.45) is 1.90. The number of hydrogen-bond acceptors (Lipinski definition) is 1. The topological polar surface area (TPSA) is 17.1 Å². The molecule has 20 heavy (non-hydrogen) atoms. The lowest BCUT2D eigenvalue weighted by atomic mass is 9.82. The highest BCUT2D eigenvalue weighted by atomic mass is 16.1. The van der Waals surface area contributed by atoms with E-state index >= 15 is 0 Å². The molecule has 0 heterocycles. The van der Waals surface area contributed by atoms with E-state index in [0.717, 1.165) is 18.4 Å². The molecule has 1 aliphatic rings. The number of benzene rings is 1. The van der Waals surface area contributed by atoms with Gasteiger partial charge in [0.25, 0.3) is 0 Å². The van der Waals surface area contributed by atoms with Crippen LogP contribution in [0.1, 0.15) is 75.0 Å². The van der Waals surface area contributed by atoms with Gasteiger partial charge < -0.3 is 0 Å². The average Bonchev–Trinajstić information content (AvgIpc) is 2.50. The van der Waals surface area contributed by atoms with Crippen molar-refractivity contribution >= 4 is 5.78 Å². The first kappa shape index (κ1) is 15.3. The predicted octanol–water partition coefficient (Wildman–Crippen LogP) is 5.08. The minimum Gasteiger partial charge on any atom is -0.294 e. The fraction of sp³-hybridized carbons (Fsp3) is 0.632. The van der Waals surface area contributed by atoms with Gasteiger partial charge in [0.15, 0.2) is 5.78 Å². The van der Waals surface area contributed by atoms with Gasteiger partial charge in [0.1, 0.15) is 0 Å². The molecule has 1 aromatic rings. The molecule has 1 atom stereocenters. The van der Waals surface area contributed by atoms with Gasteiger partial charge >= 0.3 is 0 Å². The van der Waals surface area contributed by atoms with E-state index in [-0.39, 0.29) is 16.7 Å². The highest BCUT2D eigenvalue weighted by Crippen LogP contribution is 2.38. The number of fused-ring (bicyclic) bond motifs is 1. The van der Waals surface area contributed by atoms with Crippen molar-refractivity contribution in [2.75, 3.05) is 0 Å². The number of rotatable bonds is 1. The molecule has 0 fully saturated rings. The molecule has 0 spiro atoms. The first-order chi connectivity index (χ1) is 8.99. The third-order valence-electron chi connectivity index (χ3n) is 4.22. The smallest absolute Gasteiger partial charge is 0.166 e. The first-order valence-corrected chi connectivity index (χ1v) is 7.67. The lowest BCUT2D eigenvalue weighted by Gasteiger charge is -2.22. The number of aryl methyl sites for hydroxylation is 1. The molecule has 1 aliphatic carbocycles. The first-order valence-electron chi connectivity index (χ1n) is 7.67. The van der Waals surface area contributed by atoms with Crippen molar-refractivity contribution in [3.05, 3.63) is 34.4 Å². The van der Waals surface area contributed by atoms with Gasteiger partial charge in [0.05, 0.1) is 0 Å². The maximum atomic E-state index is 12.7. The maximum Gasteiger partial charge on any atom is 0.166 e. The van der Waals surface area contributed by atoms with Crippen LogP contribution in [0.3, 0.4) is 0 Å². The molecule has 110 valence electrons. The van der Waals surface area contributed by atoms with Crippen LogP contribution in [0.15, 0.2) is 12.1 Å². The Bertz CT molecular complexity index is 538. The van der Waals surface area contributed by atoms with Crippen LogP contribution in [-0.2, 0) is 11.8 Å². The molecule has 0 saturated heterocycles. The Hall–Kier alpha value is -1.11. The zero-order valence-electron chi connectivity index (χ0n) is 14.1. The summed E-state index contributed by atoms with van der Waals surface area (Å²) in [5.41, 5.74) is 5.18. The molecule has 0 saturated carbocycles. The van der Waals surface area contributed by atoms with Crippen LogP contribution in [0.2, 0.25) is 0 Å². The summed E-state index contributed by atoms with van der Waals surface area (Å²) < 4.78 is 0. The van der Waals surface area contributed by atoms with Crippen molar-refractivity contribution in [3.63, 3.8) is 0 Å². The summed E-state index contributed by atoms with van der Waals surface area (Å²) in [4.78, 5) is 12.7. The van der Waals surface area contributed by atoms with Gasteiger partial charge in [-0.2, -0.15) is 0 Å².